The molecule has 1 aliphatic heterocycles. The molecule has 142 valence electrons. The lowest BCUT2D eigenvalue weighted by molar-refractivity contribution is 0.184. The molecule has 1 aliphatic rings. The summed E-state index contributed by atoms with van der Waals surface area (Å²) in [6, 6.07) is 3.71. The molecular formula is C18H26N4O3S. The number of imidazole rings is 1. The van der Waals surface area contributed by atoms with Gasteiger partial charge in [-0.15, -0.1) is 0 Å². The smallest absolute Gasteiger partial charge is 0.317 e. The van der Waals surface area contributed by atoms with Crippen LogP contribution in [0.2, 0.25) is 0 Å². The average molecular weight is 378 g/mol. The fourth-order valence-corrected chi connectivity index (χ4v) is 5.15. The normalized spacial score (nSPS) is 19.0. The van der Waals surface area contributed by atoms with Crippen molar-refractivity contribution in [3.05, 3.63) is 29.1 Å². The van der Waals surface area contributed by atoms with Gasteiger partial charge in [0.15, 0.2) is 9.84 Å². The van der Waals surface area contributed by atoms with E-state index in [0.717, 1.165) is 16.9 Å². The number of aryl methyl sites for hydroxylation is 2. The summed E-state index contributed by atoms with van der Waals surface area (Å²) in [6.07, 6.45) is 1.12. The van der Waals surface area contributed by atoms with Gasteiger partial charge in [0.05, 0.1) is 22.5 Å². The first-order chi connectivity index (χ1) is 12.3. The minimum Gasteiger partial charge on any atom is -0.342 e. The number of aromatic amines is 1. The number of nitrogens with zero attached hydrogens (tertiary/aromatic N) is 2. The zero-order chi connectivity index (χ0) is 18.9. The average Bonchev–Trinajstić information content (AvgIpc) is 3.11. The van der Waals surface area contributed by atoms with Crippen LogP contribution in [0.1, 0.15) is 30.3 Å². The molecule has 8 heteroatoms. The zero-order valence-electron chi connectivity index (χ0n) is 15.5. The van der Waals surface area contributed by atoms with Crippen LogP contribution in [0.25, 0.3) is 11.0 Å². The van der Waals surface area contributed by atoms with Crippen LogP contribution in [-0.4, -0.2) is 60.0 Å². The van der Waals surface area contributed by atoms with E-state index in [2.05, 4.69) is 41.3 Å². The Morgan fingerprint density at radius 1 is 1.35 bits per heavy atom. The Kier molecular flexibility index (Phi) is 5.22. The highest BCUT2D eigenvalue weighted by Crippen LogP contribution is 2.18. The third kappa shape index (κ3) is 4.00. The maximum atomic E-state index is 12.4. The van der Waals surface area contributed by atoms with Crippen molar-refractivity contribution >= 4 is 26.9 Å². The fourth-order valence-electron chi connectivity index (χ4n) is 3.42. The van der Waals surface area contributed by atoms with Gasteiger partial charge in [-0.3, -0.25) is 0 Å². The molecule has 2 N–H and O–H groups in total. The Labute approximate surface area is 154 Å². The lowest BCUT2D eigenvalue weighted by Crippen LogP contribution is -2.47. The highest BCUT2D eigenvalue weighted by atomic mass is 32.2. The molecule has 1 aromatic carbocycles. The molecule has 26 heavy (non-hydrogen) atoms. The predicted molar refractivity (Wildman–Crippen MR) is 102 cm³/mol. The molecule has 1 atom stereocenters. The summed E-state index contributed by atoms with van der Waals surface area (Å²) in [5.74, 6) is 1.06. The molecule has 0 spiro atoms. The molecule has 0 aliphatic carbocycles. The summed E-state index contributed by atoms with van der Waals surface area (Å²) >= 11 is 0. The number of rotatable bonds is 5. The summed E-state index contributed by atoms with van der Waals surface area (Å²) in [4.78, 5) is 21.9. The molecule has 0 radical (unpaired) electrons. The number of carbonyl (C=O) groups excluding carboxylic acids is 1. The van der Waals surface area contributed by atoms with Crippen LogP contribution in [0.3, 0.4) is 0 Å². The Balaban J connectivity index is 1.57. The fraction of sp³-hybridized carbons (Fsp3) is 0.556. The van der Waals surface area contributed by atoms with Crippen molar-refractivity contribution < 1.29 is 13.2 Å². The molecule has 1 unspecified atom stereocenters. The number of benzene rings is 1. The van der Waals surface area contributed by atoms with Crippen LogP contribution in [0.5, 0.6) is 0 Å². The second-order valence-corrected chi connectivity index (χ2v) is 9.19. The topological polar surface area (TPSA) is 95.2 Å². The summed E-state index contributed by atoms with van der Waals surface area (Å²) in [5, 5.41) is 2.89. The van der Waals surface area contributed by atoms with Gasteiger partial charge >= 0.3 is 6.03 Å². The van der Waals surface area contributed by atoms with E-state index in [4.69, 9.17) is 0 Å². The first-order valence-corrected chi connectivity index (χ1v) is 10.8. The van der Waals surface area contributed by atoms with Gasteiger partial charge in [0.1, 0.15) is 5.82 Å². The number of amides is 2. The van der Waals surface area contributed by atoms with Crippen molar-refractivity contribution in [2.24, 2.45) is 0 Å². The summed E-state index contributed by atoms with van der Waals surface area (Å²) in [7, 11) is -3.01. The van der Waals surface area contributed by atoms with E-state index in [1.54, 1.807) is 4.90 Å². The molecule has 2 heterocycles. The molecule has 7 nitrogen and oxygen atoms in total. The van der Waals surface area contributed by atoms with Crippen LogP contribution in [0, 0.1) is 13.8 Å². The van der Waals surface area contributed by atoms with Gasteiger partial charge in [-0.25, -0.2) is 18.2 Å². The van der Waals surface area contributed by atoms with Crippen molar-refractivity contribution in [2.45, 2.75) is 39.7 Å². The standard InChI is InChI=1S/C18H26N4O3S/c1-4-22(14-6-8-26(24,25)11-14)18(23)19-7-5-17-20-15-9-12(2)13(3)10-16(15)21-17/h9-10,14H,4-8,11H2,1-3H3,(H,19,23)(H,20,21). The van der Waals surface area contributed by atoms with Crippen molar-refractivity contribution in [2.75, 3.05) is 24.6 Å². The van der Waals surface area contributed by atoms with Crippen LogP contribution in [-0.2, 0) is 16.3 Å². The summed E-state index contributed by atoms with van der Waals surface area (Å²) in [5.41, 5.74) is 4.35. The number of hydrogen-bond donors (Lipinski definition) is 2. The predicted octanol–water partition coefficient (Wildman–Crippen LogP) is 1.94. The number of hydrogen-bond acceptors (Lipinski definition) is 4. The SMILES string of the molecule is CCN(C(=O)NCCc1nc2cc(C)c(C)cc2[nH]1)C1CCS(=O)(=O)C1. The monoisotopic (exact) mass is 378 g/mol. The van der Waals surface area contributed by atoms with Gasteiger partial charge in [0.2, 0.25) is 0 Å². The van der Waals surface area contributed by atoms with Gasteiger partial charge in [-0.05, 0) is 50.5 Å². The van der Waals surface area contributed by atoms with Crippen molar-refractivity contribution in [3.8, 4) is 0 Å². The van der Waals surface area contributed by atoms with Gasteiger partial charge in [-0.2, -0.15) is 0 Å². The number of urea groups is 1. The largest absolute Gasteiger partial charge is 0.342 e. The number of nitrogens with one attached hydrogen (secondary N) is 2. The Morgan fingerprint density at radius 3 is 2.73 bits per heavy atom. The minimum atomic E-state index is -3.01. The number of H-pyrrole nitrogens is 1. The molecule has 0 bridgehead atoms. The van der Waals surface area contributed by atoms with Crippen LogP contribution in [0.4, 0.5) is 4.79 Å². The molecule has 1 aromatic heterocycles. The van der Waals surface area contributed by atoms with Gasteiger partial charge in [-0.1, -0.05) is 0 Å². The van der Waals surface area contributed by atoms with E-state index in [1.165, 1.54) is 11.1 Å². The Bertz CT molecular complexity index is 881. The molecule has 1 saturated heterocycles. The lowest BCUT2D eigenvalue weighted by atomic mass is 10.1. The maximum Gasteiger partial charge on any atom is 0.317 e. The van der Waals surface area contributed by atoms with E-state index in [0.29, 0.717) is 25.9 Å². The molecule has 1 fully saturated rings. The first kappa shape index (κ1) is 18.7. The number of aromatic nitrogens is 2. The van der Waals surface area contributed by atoms with Gasteiger partial charge < -0.3 is 15.2 Å². The summed E-state index contributed by atoms with van der Waals surface area (Å²) < 4.78 is 23.3. The molecule has 0 saturated carbocycles. The summed E-state index contributed by atoms with van der Waals surface area (Å²) in [6.45, 7) is 6.94. The van der Waals surface area contributed by atoms with Crippen molar-refractivity contribution in [1.29, 1.82) is 0 Å². The number of carbonyl (C=O) groups is 1. The second-order valence-electron chi connectivity index (χ2n) is 6.96. The Hall–Kier alpha value is -2.09. The quantitative estimate of drug-likeness (QED) is 0.831. The van der Waals surface area contributed by atoms with Crippen LogP contribution >= 0.6 is 0 Å². The molecule has 3 rings (SSSR count). The minimum absolute atomic E-state index is 0.0660. The van der Waals surface area contributed by atoms with Crippen LogP contribution in [0.15, 0.2) is 12.1 Å². The first-order valence-electron chi connectivity index (χ1n) is 9.00. The highest BCUT2D eigenvalue weighted by molar-refractivity contribution is 7.91. The number of sulfone groups is 1. The van der Waals surface area contributed by atoms with E-state index < -0.39 is 9.84 Å². The Morgan fingerprint density at radius 2 is 2.08 bits per heavy atom. The maximum absolute atomic E-state index is 12.4. The van der Waals surface area contributed by atoms with Crippen molar-refractivity contribution in [3.63, 3.8) is 0 Å². The third-order valence-corrected chi connectivity index (χ3v) is 6.79. The second kappa shape index (κ2) is 7.26. The van der Waals surface area contributed by atoms with Crippen LogP contribution < -0.4 is 5.32 Å². The lowest BCUT2D eigenvalue weighted by Gasteiger charge is -2.26. The number of fused-ring (bicyclic) bond motifs is 1. The van der Waals surface area contributed by atoms with Gasteiger partial charge in [0, 0.05) is 25.6 Å². The van der Waals surface area contributed by atoms with Crippen molar-refractivity contribution in [1.82, 2.24) is 20.2 Å². The van der Waals surface area contributed by atoms with Gasteiger partial charge in [0.25, 0.3) is 0 Å². The molecule has 2 aromatic rings. The van der Waals surface area contributed by atoms with E-state index in [-0.39, 0.29) is 23.6 Å². The zero-order valence-corrected chi connectivity index (χ0v) is 16.3. The van der Waals surface area contributed by atoms with E-state index >= 15 is 0 Å². The molecule has 2 amide bonds. The highest BCUT2D eigenvalue weighted by Gasteiger charge is 2.33. The van der Waals surface area contributed by atoms with E-state index in [9.17, 15) is 13.2 Å². The molecular weight excluding hydrogens is 352 g/mol. The third-order valence-electron chi connectivity index (χ3n) is 5.04. The van der Waals surface area contributed by atoms with E-state index in [1.807, 2.05) is 6.92 Å².